The van der Waals surface area contributed by atoms with Crippen LogP contribution in [0.2, 0.25) is 0 Å². The maximum atomic E-state index is 12.2. The highest BCUT2D eigenvalue weighted by Crippen LogP contribution is 2.33. The first kappa shape index (κ1) is 12.0. The normalized spacial score (nSPS) is 13.3. The molecule has 0 unspecified atom stereocenters. The maximum Gasteiger partial charge on any atom is 0.347 e. The van der Waals surface area contributed by atoms with Crippen molar-refractivity contribution in [2.45, 2.75) is 0 Å². The zero-order valence-corrected chi connectivity index (χ0v) is 11.0. The topological polar surface area (TPSA) is 61.6 Å². The molecule has 1 aliphatic heterocycles. The van der Waals surface area contributed by atoms with Crippen LogP contribution in [0.25, 0.3) is 22.4 Å². The van der Waals surface area contributed by atoms with Gasteiger partial charge in [-0.15, -0.1) is 0 Å². The lowest BCUT2D eigenvalue weighted by molar-refractivity contribution is 0.172. The average molecular weight is 281 g/mol. The van der Waals surface area contributed by atoms with Crippen LogP contribution in [0.5, 0.6) is 11.5 Å². The van der Waals surface area contributed by atoms with E-state index in [1.807, 2.05) is 30.3 Å². The van der Waals surface area contributed by atoms with Gasteiger partial charge in [-0.3, -0.25) is 0 Å². The molecule has 0 spiro atoms. The van der Waals surface area contributed by atoms with Gasteiger partial charge in [0.2, 0.25) is 5.89 Å². The van der Waals surface area contributed by atoms with Crippen LogP contribution in [0.15, 0.2) is 51.7 Å². The quantitative estimate of drug-likeness (QED) is 0.686. The lowest BCUT2D eigenvalue weighted by atomic mass is 10.2. The molecule has 4 rings (SSSR count). The van der Waals surface area contributed by atoms with Crippen LogP contribution in [0.3, 0.4) is 0 Å². The monoisotopic (exact) mass is 281 g/mol. The molecule has 0 saturated heterocycles. The summed E-state index contributed by atoms with van der Waals surface area (Å²) in [4.78, 5) is 16.6. The Hall–Kier alpha value is -2.82. The minimum Gasteiger partial charge on any atom is -0.486 e. The Labute approximate surface area is 119 Å². The first-order valence-electron chi connectivity index (χ1n) is 6.61. The van der Waals surface area contributed by atoms with Crippen LogP contribution in [-0.2, 0) is 0 Å². The molecular formula is C16H11NO4. The molecule has 5 nitrogen and oxygen atoms in total. The lowest BCUT2D eigenvalue weighted by Gasteiger charge is -2.18. The highest BCUT2D eigenvalue weighted by Gasteiger charge is 2.16. The van der Waals surface area contributed by atoms with E-state index in [1.165, 1.54) is 0 Å². The van der Waals surface area contributed by atoms with E-state index in [0.717, 1.165) is 5.56 Å². The second-order valence-electron chi connectivity index (χ2n) is 4.69. The number of rotatable bonds is 1. The van der Waals surface area contributed by atoms with Gasteiger partial charge < -0.3 is 13.9 Å². The molecule has 0 amide bonds. The molecule has 0 radical (unpaired) electrons. The van der Waals surface area contributed by atoms with E-state index >= 15 is 0 Å². The third-order valence-corrected chi connectivity index (χ3v) is 3.31. The Kier molecular flexibility index (Phi) is 2.64. The van der Waals surface area contributed by atoms with Gasteiger partial charge in [-0.05, 0) is 12.1 Å². The largest absolute Gasteiger partial charge is 0.486 e. The molecule has 5 heteroatoms. The summed E-state index contributed by atoms with van der Waals surface area (Å²) in [6.07, 6.45) is 0. The summed E-state index contributed by atoms with van der Waals surface area (Å²) in [6.45, 7) is 0.963. The molecule has 0 N–H and O–H groups in total. The van der Waals surface area contributed by atoms with E-state index in [9.17, 15) is 4.79 Å². The number of ether oxygens (including phenoxy) is 2. The molecule has 3 aromatic rings. The van der Waals surface area contributed by atoms with Gasteiger partial charge in [0.1, 0.15) is 13.2 Å². The van der Waals surface area contributed by atoms with Gasteiger partial charge in [0, 0.05) is 17.7 Å². The summed E-state index contributed by atoms with van der Waals surface area (Å²) in [6, 6.07) is 12.6. The predicted molar refractivity (Wildman–Crippen MR) is 76.7 cm³/mol. The molecule has 21 heavy (non-hydrogen) atoms. The molecule has 0 aliphatic carbocycles. The summed E-state index contributed by atoms with van der Waals surface area (Å²) in [5.41, 5.74) is 0.858. The predicted octanol–water partition coefficient (Wildman–Crippen LogP) is 2.63. The number of aromatic nitrogens is 1. The van der Waals surface area contributed by atoms with Crippen LogP contribution in [0, 0.1) is 0 Å². The van der Waals surface area contributed by atoms with Crippen molar-refractivity contribution in [3.05, 3.63) is 52.9 Å². The van der Waals surface area contributed by atoms with Gasteiger partial charge in [-0.2, -0.15) is 0 Å². The van der Waals surface area contributed by atoms with Crippen LogP contribution >= 0.6 is 0 Å². The Morgan fingerprint density at radius 2 is 1.67 bits per heavy atom. The molecule has 0 fully saturated rings. The lowest BCUT2D eigenvalue weighted by Crippen LogP contribution is -2.16. The number of hydrogen-bond donors (Lipinski definition) is 0. The van der Waals surface area contributed by atoms with Gasteiger partial charge in [0.05, 0.1) is 10.9 Å². The van der Waals surface area contributed by atoms with Crippen LogP contribution in [0.1, 0.15) is 0 Å². The van der Waals surface area contributed by atoms with Gasteiger partial charge in [-0.25, -0.2) is 9.78 Å². The van der Waals surface area contributed by atoms with Gasteiger partial charge in [0.25, 0.3) is 0 Å². The van der Waals surface area contributed by atoms with Crippen molar-refractivity contribution in [3.63, 3.8) is 0 Å². The van der Waals surface area contributed by atoms with Crippen molar-refractivity contribution in [2.24, 2.45) is 0 Å². The van der Waals surface area contributed by atoms with E-state index in [-0.39, 0.29) is 0 Å². The van der Waals surface area contributed by atoms with Crippen molar-refractivity contribution in [2.75, 3.05) is 13.2 Å². The zero-order chi connectivity index (χ0) is 14.2. The molecule has 2 heterocycles. The first-order valence-corrected chi connectivity index (χ1v) is 6.61. The molecule has 1 aromatic heterocycles. The van der Waals surface area contributed by atoms with Crippen LogP contribution in [0.4, 0.5) is 0 Å². The molecule has 104 valence electrons. The molecule has 0 bridgehead atoms. The van der Waals surface area contributed by atoms with E-state index < -0.39 is 5.63 Å². The summed E-state index contributed by atoms with van der Waals surface area (Å²) in [5, 5.41) is 0.388. The second-order valence-corrected chi connectivity index (χ2v) is 4.69. The molecular weight excluding hydrogens is 270 g/mol. The van der Waals surface area contributed by atoms with Gasteiger partial charge in [0.15, 0.2) is 11.5 Å². The Balaban J connectivity index is 1.95. The first-order chi connectivity index (χ1) is 10.3. The highest BCUT2D eigenvalue weighted by atomic mass is 16.6. The third kappa shape index (κ3) is 2.03. The molecule has 0 saturated carbocycles. The minimum absolute atomic E-state index is 0.296. The average Bonchev–Trinajstić information content (AvgIpc) is 2.54. The fraction of sp³-hybridized carbons (Fsp3) is 0.125. The van der Waals surface area contributed by atoms with Crippen molar-refractivity contribution < 1.29 is 13.9 Å². The summed E-state index contributed by atoms with van der Waals surface area (Å²) in [5.74, 6) is 1.45. The molecule has 0 atom stereocenters. The van der Waals surface area contributed by atoms with Crippen molar-refractivity contribution in [3.8, 4) is 23.0 Å². The zero-order valence-electron chi connectivity index (χ0n) is 11.0. The van der Waals surface area contributed by atoms with Crippen LogP contribution in [-0.4, -0.2) is 18.2 Å². The smallest absolute Gasteiger partial charge is 0.347 e. The Morgan fingerprint density at radius 1 is 0.952 bits per heavy atom. The number of hydrogen-bond acceptors (Lipinski definition) is 5. The van der Waals surface area contributed by atoms with E-state index in [2.05, 4.69) is 4.98 Å². The van der Waals surface area contributed by atoms with Gasteiger partial charge in [-0.1, -0.05) is 18.2 Å². The fourth-order valence-corrected chi connectivity index (χ4v) is 2.31. The fourth-order valence-electron chi connectivity index (χ4n) is 2.31. The summed E-state index contributed by atoms with van der Waals surface area (Å²) in [7, 11) is 0. The van der Waals surface area contributed by atoms with E-state index in [1.54, 1.807) is 12.1 Å². The standard InChI is InChI=1S/C16H11NO4/c18-16-11-8-13-14(20-7-6-19-13)9-12(11)17-15(21-16)10-4-2-1-3-5-10/h1-5,8-9H,6-7H2. The summed E-state index contributed by atoms with van der Waals surface area (Å²) >= 11 is 0. The van der Waals surface area contributed by atoms with Gasteiger partial charge >= 0.3 is 5.63 Å². The Morgan fingerprint density at radius 3 is 2.43 bits per heavy atom. The van der Waals surface area contributed by atoms with Crippen LogP contribution < -0.4 is 15.1 Å². The van der Waals surface area contributed by atoms with Crippen molar-refractivity contribution >= 4 is 10.9 Å². The maximum absolute atomic E-state index is 12.2. The van der Waals surface area contributed by atoms with Crippen molar-refractivity contribution in [1.29, 1.82) is 0 Å². The van der Waals surface area contributed by atoms with E-state index in [4.69, 9.17) is 13.9 Å². The molecule has 1 aliphatic rings. The second kappa shape index (κ2) is 4.63. The van der Waals surface area contributed by atoms with E-state index in [0.29, 0.717) is 41.5 Å². The third-order valence-electron chi connectivity index (χ3n) is 3.31. The summed E-state index contributed by atoms with van der Waals surface area (Å²) < 4.78 is 16.3. The minimum atomic E-state index is -0.434. The Bertz CT molecular complexity index is 871. The number of benzene rings is 2. The SMILES string of the molecule is O=c1oc(-c2ccccc2)nc2cc3c(cc12)OCCO3. The highest BCUT2D eigenvalue weighted by molar-refractivity contribution is 5.82. The number of nitrogens with zero attached hydrogens (tertiary/aromatic N) is 1. The molecule has 2 aromatic carbocycles. The van der Waals surface area contributed by atoms with Crippen molar-refractivity contribution in [1.82, 2.24) is 4.98 Å². The number of fused-ring (bicyclic) bond motifs is 2.